The summed E-state index contributed by atoms with van der Waals surface area (Å²) in [6.45, 7) is 17.1. The molecule has 2 aliphatic heterocycles. The molecule has 1 aliphatic carbocycles. The third kappa shape index (κ3) is 6.58. The number of benzene rings is 4. The highest BCUT2D eigenvalue weighted by molar-refractivity contribution is 7.85. The van der Waals surface area contributed by atoms with Gasteiger partial charge in [-0.2, -0.15) is 8.42 Å². The number of allylic oxidation sites excluding steroid dienone is 7. The number of anilines is 2. The third-order valence-corrected chi connectivity index (χ3v) is 12.8. The maximum Gasteiger partial charge on any atom is 0.266 e. The molecule has 1 amide bonds. The number of likely N-dealkylation sites (N-methyl/N-ethyl adjacent to an activating group) is 2. The summed E-state index contributed by atoms with van der Waals surface area (Å²) in [6.07, 6.45) is 12.1. The van der Waals surface area contributed by atoms with Crippen molar-refractivity contribution in [1.29, 1.82) is 0 Å². The number of carbonyl (C=O) groups is 1. The van der Waals surface area contributed by atoms with Crippen molar-refractivity contribution in [1.82, 2.24) is 5.32 Å². The SMILES string of the molecule is CCN1/C(=C/C=C2C=C(/C=C/C3N(CC)c4ccc5ccccc5c4C3(C)C)CC(C)(C(=O)NCCS(=O)(=O)O)C/2)C(C)(C)c2c1ccc1ccccc21. The van der Waals surface area contributed by atoms with Crippen molar-refractivity contribution >= 4 is 48.9 Å². The van der Waals surface area contributed by atoms with Gasteiger partial charge in [-0.15, -0.1) is 0 Å². The van der Waals surface area contributed by atoms with Crippen molar-refractivity contribution in [2.75, 3.05) is 35.2 Å². The molecule has 0 radical (unpaired) electrons. The molecule has 4 aromatic rings. The predicted octanol–water partition coefficient (Wildman–Crippen LogP) is 9.39. The van der Waals surface area contributed by atoms with Gasteiger partial charge in [0.25, 0.3) is 10.1 Å². The first-order valence-corrected chi connectivity index (χ1v) is 20.8. The molecule has 2 unspecified atom stereocenters. The van der Waals surface area contributed by atoms with Crippen molar-refractivity contribution < 1.29 is 17.8 Å². The molecule has 7 rings (SSSR count). The Labute approximate surface area is 320 Å². The lowest BCUT2D eigenvalue weighted by Crippen LogP contribution is -2.42. The summed E-state index contributed by atoms with van der Waals surface area (Å²) >= 11 is 0. The van der Waals surface area contributed by atoms with Crippen LogP contribution in [-0.2, 0) is 25.7 Å². The highest BCUT2D eigenvalue weighted by atomic mass is 32.2. The number of amides is 1. The molecule has 7 nitrogen and oxygen atoms in total. The van der Waals surface area contributed by atoms with E-state index in [0.29, 0.717) is 12.8 Å². The van der Waals surface area contributed by atoms with Gasteiger partial charge in [-0.05, 0) is 88.7 Å². The van der Waals surface area contributed by atoms with E-state index in [4.69, 9.17) is 0 Å². The van der Waals surface area contributed by atoms with E-state index >= 15 is 0 Å². The first kappa shape index (κ1) is 37.6. The quantitative estimate of drug-likeness (QED) is 0.166. The molecule has 2 N–H and O–H groups in total. The van der Waals surface area contributed by atoms with E-state index in [-0.39, 0.29) is 29.3 Å². The van der Waals surface area contributed by atoms with Gasteiger partial charge < -0.3 is 15.1 Å². The number of rotatable bonds is 9. The van der Waals surface area contributed by atoms with E-state index in [1.807, 2.05) is 6.92 Å². The molecule has 0 spiro atoms. The Kier molecular flexibility index (Phi) is 9.68. The number of nitrogens with zero attached hydrogens (tertiary/aromatic N) is 2. The van der Waals surface area contributed by atoms with Gasteiger partial charge in [-0.3, -0.25) is 9.35 Å². The van der Waals surface area contributed by atoms with Gasteiger partial charge >= 0.3 is 0 Å². The molecule has 3 aliphatic rings. The van der Waals surface area contributed by atoms with Crippen LogP contribution in [0.4, 0.5) is 11.4 Å². The summed E-state index contributed by atoms with van der Waals surface area (Å²) in [5.41, 5.74) is 7.19. The van der Waals surface area contributed by atoms with Gasteiger partial charge in [0.15, 0.2) is 0 Å². The Morgan fingerprint density at radius 3 is 2.09 bits per heavy atom. The Bertz CT molecular complexity index is 2390. The number of hydrogen-bond acceptors (Lipinski definition) is 5. The van der Waals surface area contributed by atoms with Crippen molar-refractivity contribution in [3.63, 3.8) is 0 Å². The smallest absolute Gasteiger partial charge is 0.266 e. The summed E-state index contributed by atoms with van der Waals surface area (Å²) in [7, 11) is -4.20. The van der Waals surface area contributed by atoms with Gasteiger partial charge in [0, 0.05) is 47.5 Å². The minimum Gasteiger partial charge on any atom is -0.364 e. The zero-order valence-corrected chi connectivity index (χ0v) is 33.4. The fourth-order valence-corrected chi connectivity index (χ4v) is 9.90. The Hall–Kier alpha value is -4.66. The van der Waals surface area contributed by atoms with Gasteiger partial charge in [-0.1, -0.05) is 120 Å². The van der Waals surface area contributed by atoms with Crippen molar-refractivity contribution in [3.8, 4) is 0 Å². The summed E-state index contributed by atoms with van der Waals surface area (Å²) < 4.78 is 32.3. The standard InChI is InChI=1S/C46H53N3O4S/c1-8-48-37-22-20-33-14-10-12-16-35(33)41(37)44(3,4)39(48)24-18-31-28-32(30-46(7,29-31)43(50)47-26-27-54(51,52)53)19-25-40-45(5,6)42-36-17-13-11-15-34(36)21-23-38(42)49(40)9-2/h10-25,28,39H,8-9,26-27,29-30H2,1-7H3,(H,47,50)(H,51,52,53)/b24-18+,32-19-,40-25+. The number of hydrogen-bond donors (Lipinski definition) is 2. The Morgan fingerprint density at radius 1 is 0.833 bits per heavy atom. The maximum atomic E-state index is 13.9. The molecular weight excluding hydrogens is 691 g/mol. The second-order valence-electron chi connectivity index (χ2n) is 16.5. The topological polar surface area (TPSA) is 90.0 Å². The molecule has 4 aromatic carbocycles. The van der Waals surface area contributed by atoms with E-state index in [9.17, 15) is 17.8 Å². The highest BCUT2D eigenvalue weighted by Gasteiger charge is 2.44. The lowest BCUT2D eigenvalue weighted by atomic mass is 9.72. The second-order valence-corrected chi connectivity index (χ2v) is 18.1. The molecular formula is C46H53N3O4S. The normalized spacial score (nSPS) is 23.4. The van der Waals surface area contributed by atoms with Gasteiger partial charge in [-0.25, -0.2) is 0 Å². The first-order chi connectivity index (χ1) is 25.6. The van der Waals surface area contributed by atoms with E-state index in [1.165, 1.54) is 49.7 Å². The van der Waals surface area contributed by atoms with Crippen molar-refractivity contribution in [3.05, 3.63) is 131 Å². The Balaban J connectivity index is 1.27. The van der Waals surface area contributed by atoms with Crippen molar-refractivity contribution in [2.24, 2.45) is 5.41 Å². The van der Waals surface area contributed by atoms with E-state index in [2.05, 4.69) is 160 Å². The van der Waals surface area contributed by atoms with Crippen molar-refractivity contribution in [2.45, 2.75) is 78.2 Å². The maximum absolute atomic E-state index is 13.9. The molecule has 0 bridgehead atoms. The molecule has 0 saturated heterocycles. The summed E-state index contributed by atoms with van der Waals surface area (Å²) in [6, 6.07) is 26.2. The average molecular weight is 744 g/mol. The van der Waals surface area contributed by atoms with Crippen LogP contribution in [0.3, 0.4) is 0 Å². The molecule has 2 heterocycles. The van der Waals surface area contributed by atoms with Crippen LogP contribution in [0.1, 0.15) is 72.4 Å². The molecule has 54 heavy (non-hydrogen) atoms. The van der Waals surface area contributed by atoms with Crippen LogP contribution in [0.25, 0.3) is 21.5 Å². The Morgan fingerprint density at radius 2 is 1.46 bits per heavy atom. The average Bonchev–Trinajstić information content (AvgIpc) is 3.50. The summed E-state index contributed by atoms with van der Waals surface area (Å²) in [5.74, 6) is -0.753. The molecule has 0 saturated carbocycles. The van der Waals surface area contributed by atoms with Gasteiger partial charge in [0.2, 0.25) is 5.91 Å². The van der Waals surface area contributed by atoms with Gasteiger partial charge in [0.05, 0.1) is 17.2 Å². The largest absolute Gasteiger partial charge is 0.364 e. The lowest BCUT2D eigenvalue weighted by molar-refractivity contribution is -0.130. The second kappa shape index (κ2) is 13.9. The monoisotopic (exact) mass is 743 g/mol. The number of fused-ring (bicyclic) bond motifs is 6. The zero-order valence-electron chi connectivity index (χ0n) is 32.6. The van der Waals surface area contributed by atoms with Crippen LogP contribution in [0.15, 0.2) is 120 Å². The van der Waals surface area contributed by atoms with Crippen LogP contribution < -0.4 is 15.1 Å². The molecule has 8 heteroatoms. The van der Waals surface area contributed by atoms with E-state index < -0.39 is 21.3 Å². The zero-order chi connectivity index (χ0) is 38.6. The van der Waals surface area contributed by atoms with Crippen LogP contribution in [-0.4, -0.2) is 50.3 Å². The molecule has 0 fully saturated rings. The minimum absolute atomic E-state index is 0.0984. The fourth-order valence-electron chi connectivity index (χ4n) is 9.54. The molecule has 282 valence electrons. The van der Waals surface area contributed by atoms with Crippen LogP contribution in [0.2, 0.25) is 0 Å². The number of carbonyl (C=O) groups excluding carboxylic acids is 1. The van der Waals surface area contributed by atoms with Crippen LogP contribution in [0.5, 0.6) is 0 Å². The predicted molar refractivity (Wildman–Crippen MR) is 224 cm³/mol. The summed E-state index contributed by atoms with van der Waals surface area (Å²) in [4.78, 5) is 18.7. The third-order valence-electron chi connectivity index (χ3n) is 12.0. The molecule has 0 aromatic heterocycles. The van der Waals surface area contributed by atoms with Crippen LogP contribution >= 0.6 is 0 Å². The van der Waals surface area contributed by atoms with E-state index in [1.54, 1.807) is 0 Å². The highest BCUT2D eigenvalue weighted by Crippen LogP contribution is 2.52. The minimum atomic E-state index is -4.20. The molecule has 2 atom stereocenters. The van der Waals surface area contributed by atoms with Crippen LogP contribution in [0, 0.1) is 5.41 Å². The number of nitrogens with one attached hydrogen (secondary N) is 1. The van der Waals surface area contributed by atoms with E-state index in [0.717, 1.165) is 24.2 Å². The first-order valence-electron chi connectivity index (χ1n) is 19.2. The lowest BCUT2D eigenvalue weighted by Gasteiger charge is -2.34. The van der Waals surface area contributed by atoms with Gasteiger partial charge in [0.1, 0.15) is 0 Å². The fraction of sp³-hybridized carbons (Fsp3) is 0.370. The summed E-state index contributed by atoms with van der Waals surface area (Å²) in [5, 5.41) is 7.83.